The van der Waals surface area contributed by atoms with Gasteiger partial charge in [-0.1, -0.05) is 6.92 Å². The van der Waals surface area contributed by atoms with E-state index >= 15 is 0 Å². The van der Waals surface area contributed by atoms with Crippen molar-refractivity contribution in [1.82, 2.24) is 0 Å². The van der Waals surface area contributed by atoms with Gasteiger partial charge in [-0.05, 0) is 5.92 Å². The van der Waals surface area contributed by atoms with Crippen LogP contribution in [0.3, 0.4) is 0 Å². The molecule has 0 spiro atoms. The molecule has 0 radical (unpaired) electrons. The van der Waals surface area contributed by atoms with Crippen LogP contribution in [-0.2, 0) is 4.79 Å². The molecular formula is C6H9Cl3O. The number of alkyl halides is 3. The first-order chi connectivity index (χ1) is 4.63. The maximum absolute atomic E-state index is 10.8. The van der Waals surface area contributed by atoms with Crippen molar-refractivity contribution in [2.24, 2.45) is 5.92 Å². The summed E-state index contributed by atoms with van der Waals surface area (Å²) >= 11 is 16.4. The van der Waals surface area contributed by atoms with Crippen LogP contribution in [0, 0.1) is 5.92 Å². The van der Waals surface area contributed by atoms with Gasteiger partial charge in [0.1, 0.15) is 0 Å². The minimum atomic E-state index is -0.532. The summed E-state index contributed by atoms with van der Waals surface area (Å²) in [6.07, 6.45) is 0. The normalized spacial score (nSPS) is 16.4. The highest BCUT2D eigenvalue weighted by atomic mass is 35.5. The maximum Gasteiger partial charge on any atom is 0.165 e. The first-order valence-corrected chi connectivity index (χ1v) is 4.42. The zero-order valence-electron chi connectivity index (χ0n) is 5.61. The Kier molecular flexibility index (Phi) is 5.51. The quantitative estimate of drug-likeness (QED) is 0.641. The molecule has 0 aromatic carbocycles. The van der Waals surface area contributed by atoms with Gasteiger partial charge in [0, 0.05) is 5.88 Å². The Balaban J connectivity index is 3.81. The number of halogens is 3. The van der Waals surface area contributed by atoms with Crippen LogP contribution in [-0.4, -0.2) is 22.9 Å². The van der Waals surface area contributed by atoms with Crippen LogP contribution in [0.4, 0.5) is 0 Å². The van der Waals surface area contributed by atoms with E-state index in [0.717, 1.165) is 0 Å². The van der Waals surface area contributed by atoms with E-state index < -0.39 is 5.38 Å². The van der Waals surface area contributed by atoms with Crippen molar-refractivity contribution in [2.75, 3.05) is 11.8 Å². The van der Waals surface area contributed by atoms with Crippen LogP contribution in [0.1, 0.15) is 6.92 Å². The predicted octanol–water partition coefficient (Wildman–Crippen LogP) is 2.28. The fraction of sp³-hybridized carbons (Fsp3) is 0.833. The molecule has 2 atom stereocenters. The molecule has 0 amide bonds. The molecule has 0 aromatic heterocycles. The minimum Gasteiger partial charge on any atom is -0.297 e. The highest BCUT2D eigenvalue weighted by molar-refractivity contribution is 6.38. The summed E-state index contributed by atoms with van der Waals surface area (Å²) in [6.45, 7) is 1.81. The standard InChI is InChI=1S/C6H9Cl3O/c1-4(2-7)6(9)5(10)3-8/h4,6H,2-3H2,1H3. The van der Waals surface area contributed by atoms with E-state index in [1.807, 2.05) is 6.92 Å². The van der Waals surface area contributed by atoms with Crippen molar-refractivity contribution in [1.29, 1.82) is 0 Å². The number of hydrogen-bond acceptors (Lipinski definition) is 1. The van der Waals surface area contributed by atoms with Crippen LogP contribution in [0.5, 0.6) is 0 Å². The number of Topliss-reactive ketones (excluding diaryl/α,β-unsaturated/α-hetero) is 1. The molecule has 10 heavy (non-hydrogen) atoms. The largest absolute Gasteiger partial charge is 0.297 e. The van der Waals surface area contributed by atoms with E-state index in [-0.39, 0.29) is 17.6 Å². The van der Waals surface area contributed by atoms with Crippen molar-refractivity contribution in [3.63, 3.8) is 0 Å². The molecular weight excluding hydrogens is 194 g/mol. The van der Waals surface area contributed by atoms with Gasteiger partial charge >= 0.3 is 0 Å². The van der Waals surface area contributed by atoms with Crippen LogP contribution in [0.15, 0.2) is 0 Å². The average molecular weight is 203 g/mol. The lowest BCUT2D eigenvalue weighted by Gasteiger charge is -2.11. The molecule has 0 saturated heterocycles. The summed E-state index contributed by atoms with van der Waals surface area (Å²) in [7, 11) is 0. The SMILES string of the molecule is CC(CCl)C(Cl)C(=O)CCl. The summed E-state index contributed by atoms with van der Waals surface area (Å²) in [4.78, 5) is 10.8. The first kappa shape index (κ1) is 10.5. The Bertz CT molecular complexity index is 116. The molecule has 0 aliphatic rings. The fourth-order valence-corrected chi connectivity index (χ4v) is 1.15. The van der Waals surface area contributed by atoms with Crippen LogP contribution < -0.4 is 0 Å². The lowest BCUT2D eigenvalue weighted by Crippen LogP contribution is -2.24. The molecule has 0 fully saturated rings. The van der Waals surface area contributed by atoms with Crippen molar-refractivity contribution >= 4 is 40.6 Å². The van der Waals surface area contributed by atoms with Gasteiger partial charge in [-0.15, -0.1) is 34.8 Å². The molecule has 0 bridgehead atoms. The van der Waals surface area contributed by atoms with Crippen molar-refractivity contribution in [2.45, 2.75) is 12.3 Å². The van der Waals surface area contributed by atoms with Gasteiger partial charge in [-0.2, -0.15) is 0 Å². The summed E-state index contributed by atoms with van der Waals surface area (Å²) in [6, 6.07) is 0. The molecule has 0 rings (SSSR count). The Hall–Kier alpha value is 0.540. The number of rotatable bonds is 4. The first-order valence-electron chi connectivity index (χ1n) is 2.92. The summed E-state index contributed by atoms with van der Waals surface area (Å²) in [5.74, 6) is 0.192. The Morgan fingerprint density at radius 3 is 2.30 bits per heavy atom. The van der Waals surface area contributed by atoms with E-state index in [4.69, 9.17) is 34.8 Å². The van der Waals surface area contributed by atoms with E-state index in [2.05, 4.69) is 0 Å². The lowest BCUT2D eigenvalue weighted by molar-refractivity contribution is -0.117. The van der Waals surface area contributed by atoms with E-state index in [0.29, 0.717) is 5.88 Å². The van der Waals surface area contributed by atoms with Crippen molar-refractivity contribution in [3.05, 3.63) is 0 Å². The van der Waals surface area contributed by atoms with Gasteiger partial charge in [-0.25, -0.2) is 0 Å². The van der Waals surface area contributed by atoms with Gasteiger partial charge in [0.2, 0.25) is 0 Å². The molecule has 2 unspecified atom stereocenters. The maximum atomic E-state index is 10.8. The van der Waals surface area contributed by atoms with Gasteiger partial charge in [0.05, 0.1) is 11.3 Å². The molecule has 0 saturated carbocycles. The fourth-order valence-electron chi connectivity index (χ4n) is 0.469. The smallest absolute Gasteiger partial charge is 0.165 e. The molecule has 0 aromatic rings. The van der Waals surface area contributed by atoms with Gasteiger partial charge < -0.3 is 0 Å². The van der Waals surface area contributed by atoms with Crippen molar-refractivity contribution in [3.8, 4) is 0 Å². The van der Waals surface area contributed by atoms with Crippen LogP contribution in [0.2, 0.25) is 0 Å². The van der Waals surface area contributed by atoms with Crippen LogP contribution in [0.25, 0.3) is 0 Å². The second-order valence-electron chi connectivity index (χ2n) is 2.13. The Morgan fingerprint density at radius 2 is 2.00 bits per heavy atom. The Morgan fingerprint density at radius 1 is 1.50 bits per heavy atom. The van der Waals surface area contributed by atoms with Gasteiger partial charge in [-0.3, -0.25) is 4.79 Å². The lowest BCUT2D eigenvalue weighted by atomic mass is 10.1. The third-order valence-corrected chi connectivity index (χ3v) is 2.61. The van der Waals surface area contributed by atoms with Crippen molar-refractivity contribution < 1.29 is 4.79 Å². The Labute approximate surface area is 75.6 Å². The molecule has 0 N–H and O–H groups in total. The van der Waals surface area contributed by atoms with E-state index in [1.165, 1.54) is 0 Å². The molecule has 0 aliphatic carbocycles. The van der Waals surface area contributed by atoms with E-state index in [1.54, 1.807) is 0 Å². The molecule has 0 aliphatic heterocycles. The summed E-state index contributed by atoms with van der Waals surface area (Å²) < 4.78 is 0. The van der Waals surface area contributed by atoms with Gasteiger partial charge in [0.25, 0.3) is 0 Å². The average Bonchev–Trinajstić information content (AvgIpc) is 2.00. The highest BCUT2D eigenvalue weighted by Crippen LogP contribution is 2.13. The number of hydrogen-bond donors (Lipinski definition) is 0. The molecule has 4 heteroatoms. The zero-order chi connectivity index (χ0) is 8.15. The molecule has 60 valence electrons. The van der Waals surface area contributed by atoms with Gasteiger partial charge in [0.15, 0.2) is 5.78 Å². The van der Waals surface area contributed by atoms with E-state index in [9.17, 15) is 4.79 Å². The number of carbonyl (C=O) groups is 1. The second-order valence-corrected chi connectivity index (χ2v) is 3.18. The third-order valence-electron chi connectivity index (χ3n) is 1.18. The number of ketones is 1. The topological polar surface area (TPSA) is 17.1 Å². The third kappa shape index (κ3) is 3.09. The molecule has 0 heterocycles. The predicted molar refractivity (Wildman–Crippen MR) is 45.3 cm³/mol. The monoisotopic (exact) mass is 202 g/mol. The summed E-state index contributed by atoms with van der Waals surface area (Å²) in [5.41, 5.74) is 0. The number of carbonyl (C=O) groups excluding carboxylic acids is 1. The second kappa shape index (κ2) is 5.22. The highest BCUT2D eigenvalue weighted by Gasteiger charge is 2.20. The minimum absolute atomic E-state index is 0.00502. The van der Waals surface area contributed by atoms with Crippen LogP contribution >= 0.6 is 34.8 Å². The molecule has 1 nitrogen and oxygen atoms in total. The summed E-state index contributed by atoms with van der Waals surface area (Å²) in [5, 5.41) is -0.532. The zero-order valence-corrected chi connectivity index (χ0v) is 7.88.